The summed E-state index contributed by atoms with van der Waals surface area (Å²) in [5, 5.41) is 2.92. The van der Waals surface area contributed by atoms with Gasteiger partial charge < -0.3 is 14.8 Å². The molecule has 11 heteroatoms. The number of hydrogen-bond acceptors (Lipinski definition) is 8. The molecule has 0 amide bonds. The summed E-state index contributed by atoms with van der Waals surface area (Å²) in [5.74, 6) is 0.0935. The monoisotopic (exact) mass is 440 g/mol. The number of sulfonamides is 1. The quantitative estimate of drug-likeness (QED) is 0.539. The minimum atomic E-state index is -3.54. The standard InChI is InChI=1S/C18H21ClN4O5S/c1-10(2)28-17(24)12-9-20-18(19)22-16(12)21-13-8-15-11(5-6-27-15)7-14(13)23(3)29(4,25)26/h7-10H,5-6H2,1-4H3,(H,20,21,22). The largest absolute Gasteiger partial charge is 0.493 e. The van der Waals surface area contributed by atoms with E-state index in [0.717, 1.165) is 16.1 Å². The van der Waals surface area contributed by atoms with Crippen molar-refractivity contribution >= 4 is 44.8 Å². The van der Waals surface area contributed by atoms with Gasteiger partial charge in [0.05, 0.1) is 30.3 Å². The highest BCUT2D eigenvalue weighted by Gasteiger charge is 2.24. The predicted molar refractivity (Wildman–Crippen MR) is 110 cm³/mol. The molecule has 156 valence electrons. The number of carbonyl (C=O) groups is 1. The van der Waals surface area contributed by atoms with Crippen LogP contribution in [0.1, 0.15) is 29.8 Å². The molecule has 0 saturated carbocycles. The lowest BCUT2D eigenvalue weighted by molar-refractivity contribution is 0.0378. The Hall–Kier alpha value is -2.59. The molecule has 1 aromatic carbocycles. The van der Waals surface area contributed by atoms with Crippen LogP contribution in [-0.4, -0.2) is 50.4 Å². The Labute approximate surface area is 174 Å². The van der Waals surface area contributed by atoms with Gasteiger partial charge in [-0.2, -0.15) is 4.98 Å². The van der Waals surface area contributed by atoms with Crippen LogP contribution in [0.4, 0.5) is 17.2 Å². The molecular weight excluding hydrogens is 420 g/mol. The highest BCUT2D eigenvalue weighted by Crippen LogP contribution is 2.38. The molecule has 0 aliphatic carbocycles. The zero-order chi connectivity index (χ0) is 21.3. The van der Waals surface area contributed by atoms with Crippen LogP contribution in [0.2, 0.25) is 5.28 Å². The van der Waals surface area contributed by atoms with E-state index in [4.69, 9.17) is 21.1 Å². The van der Waals surface area contributed by atoms with E-state index in [2.05, 4.69) is 15.3 Å². The first-order valence-electron chi connectivity index (χ1n) is 8.80. The van der Waals surface area contributed by atoms with Gasteiger partial charge in [0.15, 0.2) is 0 Å². The van der Waals surface area contributed by atoms with Crippen LogP contribution in [0, 0.1) is 0 Å². The van der Waals surface area contributed by atoms with Gasteiger partial charge in [-0.1, -0.05) is 0 Å². The van der Waals surface area contributed by atoms with Gasteiger partial charge in [0.1, 0.15) is 17.1 Å². The van der Waals surface area contributed by atoms with Crippen molar-refractivity contribution < 1.29 is 22.7 Å². The van der Waals surface area contributed by atoms with Crippen LogP contribution in [-0.2, 0) is 21.2 Å². The van der Waals surface area contributed by atoms with Gasteiger partial charge in [-0.3, -0.25) is 4.31 Å². The van der Waals surface area contributed by atoms with E-state index in [0.29, 0.717) is 30.2 Å². The molecule has 2 heterocycles. The molecule has 0 spiro atoms. The summed E-state index contributed by atoms with van der Waals surface area (Å²) in [5.41, 5.74) is 1.72. The Bertz CT molecular complexity index is 1060. The zero-order valence-electron chi connectivity index (χ0n) is 16.4. The third kappa shape index (κ3) is 4.70. The van der Waals surface area contributed by atoms with Gasteiger partial charge in [-0.25, -0.2) is 18.2 Å². The minimum absolute atomic E-state index is 0.0671. The predicted octanol–water partition coefficient (Wildman–Crippen LogP) is 2.77. The summed E-state index contributed by atoms with van der Waals surface area (Å²) in [7, 11) is -2.09. The number of rotatable bonds is 6. The van der Waals surface area contributed by atoms with Crippen molar-refractivity contribution in [3.8, 4) is 5.75 Å². The van der Waals surface area contributed by atoms with Crippen LogP contribution >= 0.6 is 11.6 Å². The maximum Gasteiger partial charge on any atom is 0.343 e. The molecule has 0 saturated heterocycles. The molecule has 29 heavy (non-hydrogen) atoms. The maximum atomic E-state index is 12.4. The Balaban J connectivity index is 2.09. The second-order valence-corrected chi connectivity index (χ2v) is 9.14. The van der Waals surface area contributed by atoms with Crippen molar-refractivity contribution in [1.29, 1.82) is 0 Å². The first-order valence-corrected chi connectivity index (χ1v) is 11.0. The second kappa shape index (κ2) is 8.03. The molecular formula is C18H21ClN4O5S. The number of anilines is 3. The number of carbonyl (C=O) groups excluding carboxylic acids is 1. The van der Waals surface area contributed by atoms with E-state index in [9.17, 15) is 13.2 Å². The third-order valence-corrected chi connectivity index (χ3v) is 5.59. The fourth-order valence-electron chi connectivity index (χ4n) is 2.76. The lowest BCUT2D eigenvalue weighted by atomic mass is 10.1. The smallest absolute Gasteiger partial charge is 0.343 e. The summed E-state index contributed by atoms with van der Waals surface area (Å²) >= 11 is 5.92. The molecule has 0 atom stereocenters. The number of hydrogen-bond donors (Lipinski definition) is 1. The topological polar surface area (TPSA) is 111 Å². The fourth-order valence-corrected chi connectivity index (χ4v) is 3.40. The minimum Gasteiger partial charge on any atom is -0.493 e. The summed E-state index contributed by atoms with van der Waals surface area (Å²) in [6.45, 7) is 3.95. The normalized spacial score (nSPS) is 13.0. The average Bonchev–Trinajstić information content (AvgIpc) is 3.06. The molecule has 1 N–H and O–H groups in total. The molecule has 0 unspecified atom stereocenters. The van der Waals surface area contributed by atoms with E-state index in [1.165, 1.54) is 13.2 Å². The molecule has 1 aromatic heterocycles. The molecule has 1 aliphatic heterocycles. The van der Waals surface area contributed by atoms with Crippen LogP contribution in [0.25, 0.3) is 0 Å². The van der Waals surface area contributed by atoms with Gasteiger partial charge >= 0.3 is 5.97 Å². The van der Waals surface area contributed by atoms with Crippen molar-refractivity contribution in [1.82, 2.24) is 9.97 Å². The Morgan fingerprint density at radius 1 is 1.38 bits per heavy atom. The van der Waals surface area contributed by atoms with E-state index in [1.54, 1.807) is 26.0 Å². The first-order chi connectivity index (χ1) is 13.6. The zero-order valence-corrected chi connectivity index (χ0v) is 18.0. The van der Waals surface area contributed by atoms with Crippen molar-refractivity contribution in [2.75, 3.05) is 29.5 Å². The number of fused-ring (bicyclic) bond motifs is 1. The summed E-state index contributed by atoms with van der Waals surface area (Å²) in [6, 6.07) is 3.41. The molecule has 9 nitrogen and oxygen atoms in total. The highest BCUT2D eigenvalue weighted by molar-refractivity contribution is 7.92. The van der Waals surface area contributed by atoms with E-state index >= 15 is 0 Å². The molecule has 0 radical (unpaired) electrons. The molecule has 2 aromatic rings. The second-order valence-electron chi connectivity index (χ2n) is 6.79. The van der Waals surface area contributed by atoms with Crippen molar-refractivity contribution in [2.45, 2.75) is 26.4 Å². The number of ether oxygens (including phenoxy) is 2. The molecule has 1 aliphatic rings. The van der Waals surface area contributed by atoms with Gasteiger partial charge in [0.2, 0.25) is 15.3 Å². The van der Waals surface area contributed by atoms with Crippen molar-refractivity contribution in [2.24, 2.45) is 0 Å². The van der Waals surface area contributed by atoms with Gasteiger partial charge in [0.25, 0.3) is 0 Å². The Morgan fingerprint density at radius 3 is 2.76 bits per heavy atom. The van der Waals surface area contributed by atoms with Gasteiger partial charge in [-0.05, 0) is 37.1 Å². The molecule has 0 bridgehead atoms. The van der Waals surface area contributed by atoms with Crippen LogP contribution in [0.3, 0.4) is 0 Å². The SMILES string of the molecule is CC(C)OC(=O)c1cnc(Cl)nc1Nc1cc2c(cc1N(C)S(C)(=O)=O)CCO2. The highest BCUT2D eigenvalue weighted by atomic mass is 35.5. The lowest BCUT2D eigenvalue weighted by Crippen LogP contribution is -2.26. The number of halogens is 1. The summed E-state index contributed by atoms with van der Waals surface area (Å²) in [4.78, 5) is 20.4. The first kappa shape index (κ1) is 21.1. The lowest BCUT2D eigenvalue weighted by Gasteiger charge is -2.22. The maximum absolute atomic E-state index is 12.4. The third-order valence-electron chi connectivity index (χ3n) is 4.22. The number of aromatic nitrogens is 2. The van der Waals surface area contributed by atoms with Crippen LogP contribution in [0.5, 0.6) is 5.75 Å². The number of nitrogens with one attached hydrogen (secondary N) is 1. The van der Waals surface area contributed by atoms with E-state index in [-0.39, 0.29) is 22.8 Å². The van der Waals surface area contributed by atoms with Crippen LogP contribution in [0.15, 0.2) is 18.3 Å². The average molecular weight is 441 g/mol. The van der Waals surface area contributed by atoms with Crippen molar-refractivity contribution in [3.63, 3.8) is 0 Å². The Morgan fingerprint density at radius 2 is 2.10 bits per heavy atom. The Kier molecular flexibility index (Phi) is 5.85. The van der Waals surface area contributed by atoms with Gasteiger partial charge in [0, 0.05) is 25.7 Å². The number of nitrogens with zero attached hydrogens (tertiary/aromatic N) is 3. The van der Waals surface area contributed by atoms with Gasteiger partial charge in [-0.15, -0.1) is 0 Å². The number of esters is 1. The fraction of sp³-hybridized carbons (Fsp3) is 0.389. The summed E-state index contributed by atoms with van der Waals surface area (Å²) in [6.07, 6.45) is 2.69. The van der Waals surface area contributed by atoms with Crippen molar-refractivity contribution in [3.05, 3.63) is 34.7 Å². The van der Waals surface area contributed by atoms with Crippen LogP contribution < -0.4 is 14.4 Å². The summed E-state index contributed by atoms with van der Waals surface area (Å²) < 4.78 is 36.2. The van der Waals surface area contributed by atoms with E-state index < -0.39 is 16.0 Å². The number of benzene rings is 1. The van der Waals surface area contributed by atoms with E-state index in [1.807, 2.05) is 0 Å². The molecule has 3 rings (SSSR count). The molecule has 0 fully saturated rings.